The van der Waals surface area contributed by atoms with E-state index in [0.29, 0.717) is 12.2 Å². The molecule has 0 unspecified atom stereocenters. The Hall–Kier alpha value is -2.41. The van der Waals surface area contributed by atoms with E-state index in [1.165, 1.54) is 6.92 Å². The SMILES string of the molecule is CC(=O)Nc1cccc(CNC(=O)CNC(=O)[C@@H](N)C(C)C)c1. The first kappa shape index (κ1) is 18.6. The monoisotopic (exact) mass is 320 g/mol. The summed E-state index contributed by atoms with van der Waals surface area (Å²) >= 11 is 0. The summed E-state index contributed by atoms with van der Waals surface area (Å²) in [5.74, 6) is -0.799. The standard InChI is InChI=1S/C16H24N4O3/c1-10(2)15(17)16(23)19-9-14(22)18-8-12-5-4-6-13(7-12)20-11(3)21/h4-7,10,15H,8-9,17H2,1-3H3,(H,18,22)(H,19,23)(H,20,21)/t15-/m0/s1. The second-order valence-corrected chi connectivity index (χ2v) is 5.65. The van der Waals surface area contributed by atoms with Crippen LogP contribution in [0, 0.1) is 5.92 Å². The lowest BCUT2D eigenvalue weighted by molar-refractivity contribution is -0.127. The molecule has 0 heterocycles. The van der Waals surface area contributed by atoms with Gasteiger partial charge in [-0.25, -0.2) is 0 Å². The normalized spacial score (nSPS) is 11.7. The van der Waals surface area contributed by atoms with Gasteiger partial charge in [0.05, 0.1) is 12.6 Å². The maximum atomic E-state index is 11.7. The van der Waals surface area contributed by atoms with Crippen LogP contribution in [0.2, 0.25) is 0 Å². The van der Waals surface area contributed by atoms with Crippen LogP contribution in [0.5, 0.6) is 0 Å². The van der Waals surface area contributed by atoms with Crippen LogP contribution in [-0.4, -0.2) is 30.3 Å². The van der Waals surface area contributed by atoms with Crippen molar-refractivity contribution < 1.29 is 14.4 Å². The summed E-state index contributed by atoms with van der Waals surface area (Å²) in [5.41, 5.74) is 7.20. The molecule has 5 N–H and O–H groups in total. The van der Waals surface area contributed by atoms with Crippen molar-refractivity contribution in [2.45, 2.75) is 33.4 Å². The molecule has 0 aliphatic heterocycles. The number of nitrogens with one attached hydrogen (secondary N) is 3. The van der Waals surface area contributed by atoms with Gasteiger partial charge in [-0.3, -0.25) is 14.4 Å². The van der Waals surface area contributed by atoms with Crippen molar-refractivity contribution in [2.24, 2.45) is 11.7 Å². The molecule has 0 spiro atoms. The fourth-order valence-corrected chi connectivity index (χ4v) is 1.81. The van der Waals surface area contributed by atoms with E-state index in [1.807, 2.05) is 19.9 Å². The van der Waals surface area contributed by atoms with Gasteiger partial charge in [-0.2, -0.15) is 0 Å². The van der Waals surface area contributed by atoms with Gasteiger partial charge in [-0.15, -0.1) is 0 Å². The molecule has 1 atom stereocenters. The largest absolute Gasteiger partial charge is 0.350 e. The molecule has 0 aromatic heterocycles. The van der Waals surface area contributed by atoms with Gasteiger partial charge in [0, 0.05) is 19.2 Å². The zero-order valence-corrected chi connectivity index (χ0v) is 13.7. The lowest BCUT2D eigenvalue weighted by Gasteiger charge is -2.15. The zero-order chi connectivity index (χ0) is 17.4. The first-order valence-corrected chi connectivity index (χ1v) is 7.46. The van der Waals surface area contributed by atoms with E-state index in [-0.39, 0.29) is 30.2 Å². The highest BCUT2D eigenvalue weighted by molar-refractivity contribution is 5.89. The average Bonchev–Trinajstić information content (AvgIpc) is 2.49. The van der Waals surface area contributed by atoms with Crippen LogP contribution in [0.1, 0.15) is 26.3 Å². The fraction of sp³-hybridized carbons (Fsp3) is 0.438. The molecule has 0 saturated heterocycles. The van der Waals surface area contributed by atoms with Crippen LogP contribution in [-0.2, 0) is 20.9 Å². The van der Waals surface area contributed by atoms with E-state index >= 15 is 0 Å². The van der Waals surface area contributed by atoms with Crippen molar-refractivity contribution in [1.82, 2.24) is 10.6 Å². The van der Waals surface area contributed by atoms with E-state index < -0.39 is 6.04 Å². The number of benzene rings is 1. The first-order valence-electron chi connectivity index (χ1n) is 7.46. The van der Waals surface area contributed by atoms with E-state index in [0.717, 1.165) is 5.56 Å². The Balaban J connectivity index is 2.41. The quantitative estimate of drug-likeness (QED) is 0.581. The van der Waals surface area contributed by atoms with Gasteiger partial charge in [0.25, 0.3) is 0 Å². The van der Waals surface area contributed by atoms with Crippen LogP contribution in [0.3, 0.4) is 0 Å². The summed E-state index contributed by atoms with van der Waals surface area (Å²) in [6.07, 6.45) is 0. The molecule has 7 nitrogen and oxygen atoms in total. The number of carbonyl (C=O) groups is 3. The van der Waals surface area contributed by atoms with E-state index in [1.54, 1.807) is 18.2 Å². The Bertz CT molecular complexity index is 572. The highest BCUT2D eigenvalue weighted by Crippen LogP contribution is 2.10. The molecule has 0 saturated carbocycles. The number of carbonyl (C=O) groups excluding carboxylic acids is 3. The summed E-state index contributed by atoms with van der Waals surface area (Å²) in [4.78, 5) is 34.4. The molecule has 0 aliphatic rings. The fourth-order valence-electron chi connectivity index (χ4n) is 1.81. The first-order chi connectivity index (χ1) is 10.8. The second-order valence-electron chi connectivity index (χ2n) is 5.65. The third-order valence-electron chi connectivity index (χ3n) is 3.18. The van der Waals surface area contributed by atoms with Crippen molar-refractivity contribution in [3.8, 4) is 0 Å². The topological polar surface area (TPSA) is 113 Å². The Morgan fingerprint density at radius 2 is 1.87 bits per heavy atom. The zero-order valence-electron chi connectivity index (χ0n) is 13.7. The Labute approximate surface area is 136 Å². The van der Waals surface area contributed by atoms with Crippen LogP contribution in [0.15, 0.2) is 24.3 Å². The minimum absolute atomic E-state index is 0.00887. The van der Waals surface area contributed by atoms with E-state index in [2.05, 4.69) is 16.0 Å². The summed E-state index contributed by atoms with van der Waals surface area (Å²) in [6, 6.07) is 6.53. The molecule has 1 aromatic carbocycles. The smallest absolute Gasteiger partial charge is 0.239 e. The lowest BCUT2D eigenvalue weighted by atomic mass is 10.1. The molecule has 0 aliphatic carbocycles. The number of nitrogens with two attached hydrogens (primary N) is 1. The molecule has 3 amide bonds. The third kappa shape index (κ3) is 6.92. The molecule has 23 heavy (non-hydrogen) atoms. The molecule has 0 bridgehead atoms. The number of amides is 3. The van der Waals surface area contributed by atoms with E-state index in [4.69, 9.17) is 5.73 Å². The van der Waals surface area contributed by atoms with Crippen molar-refractivity contribution in [3.63, 3.8) is 0 Å². The molecule has 126 valence electrons. The summed E-state index contributed by atoms with van der Waals surface area (Å²) < 4.78 is 0. The number of rotatable bonds is 7. The summed E-state index contributed by atoms with van der Waals surface area (Å²) in [5, 5.41) is 7.87. The van der Waals surface area contributed by atoms with Gasteiger partial charge in [0.2, 0.25) is 17.7 Å². The predicted molar refractivity (Wildman–Crippen MR) is 88.4 cm³/mol. The highest BCUT2D eigenvalue weighted by Gasteiger charge is 2.17. The number of anilines is 1. The maximum absolute atomic E-state index is 11.7. The molecule has 7 heteroatoms. The minimum atomic E-state index is -0.628. The van der Waals surface area contributed by atoms with Gasteiger partial charge < -0.3 is 21.7 Å². The van der Waals surface area contributed by atoms with Crippen LogP contribution >= 0.6 is 0 Å². The number of hydrogen-bond acceptors (Lipinski definition) is 4. The second kappa shape index (κ2) is 8.89. The molecule has 0 fully saturated rings. The molecule has 1 rings (SSSR count). The van der Waals surface area contributed by atoms with Gasteiger partial charge in [-0.05, 0) is 23.6 Å². The van der Waals surface area contributed by atoms with Crippen LogP contribution in [0.25, 0.3) is 0 Å². The van der Waals surface area contributed by atoms with Crippen molar-refractivity contribution in [2.75, 3.05) is 11.9 Å². The highest BCUT2D eigenvalue weighted by atomic mass is 16.2. The van der Waals surface area contributed by atoms with Gasteiger partial charge in [0.15, 0.2) is 0 Å². The van der Waals surface area contributed by atoms with Crippen molar-refractivity contribution in [3.05, 3.63) is 29.8 Å². The van der Waals surface area contributed by atoms with Crippen LogP contribution < -0.4 is 21.7 Å². The Morgan fingerprint density at radius 3 is 2.48 bits per heavy atom. The summed E-state index contributed by atoms with van der Waals surface area (Å²) in [7, 11) is 0. The molecule has 1 aromatic rings. The average molecular weight is 320 g/mol. The van der Waals surface area contributed by atoms with Gasteiger partial charge in [0.1, 0.15) is 0 Å². The molecular weight excluding hydrogens is 296 g/mol. The maximum Gasteiger partial charge on any atom is 0.239 e. The van der Waals surface area contributed by atoms with Gasteiger partial charge >= 0.3 is 0 Å². The summed E-state index contributed by atoms with van der Waals surface area (Å²) in [6.45, 7) is 5.29. The van der Waals surface area contributed by atoms with E-state index in [9.17, 15) is 14.4 Å². The molecular formula is C16H24N4O3. The predicted octanol–water partition coefficient (Wildman–Crippen LogP) is 0.361. The molecule has 0 radical (unpaired) electrons. The Morgan fingerprint density at radius 1 is 1.17 bits per heavy atom. The van der Waals surface area contributed by atoms with Crippen molar-refractivity contribution in [1.29, 1.82) is 0 Å². The van der Waals surface area contributed by atoms with Crippen LogP contribution in [0.4, 0.5) is 5.69 Å². The third-order valence-corrected chi connectivity index (χ3v) is 3.18. The van der Waals surface area contributed by atoms with Crippen molar-refractivity contribution >= 4 is 23.4 Å². The Kier molecular flexibility index (Phi) is 7.21. The lowest BCUT2D eigenvalue weighted by Crippen LogP contribution is -2.47. The minimum Gasteiger partial charge on any atom is -0.350 e. The number of hydrogen-bond donors (Lipinski definition) is 4. The van der Waals surface area contributed by atoms with Gasteiger partial charge in [-0.1, -0.05) is 26.0 Å².